The normalized spacial score (nSPS) is 18.6. The number of amides is 1. The van der Waals surface area contributed by atoms with Crippen LogP contribution in [0.3, 0.4) is 0 Å². The van der Waals surface area contributed by atoms with Crippen molar-refractivity contribution in [2.75, 3.05) is 32.8 Å². The Kier molecular flexibility index (Phi) is 9.00. The second-order valence-corrected chi connectivity index (χ2v) is 10.1. The molecular weight excluding hydrogens is 422 g/mol. The molecule has 2 heterocycles. The molecule has 34 heavy (non-hydrogen) atoms. The fourth-order valence-electron chi connectivity index (χ4n) is 5.09. The molecule has 0 bridgehead atoms. The highest BCUT2D eigenvalue weighted by Crippen LogP contribution is 2.22. The van der Waals surface area contributed by atoms with Gasteiger partial charge in [-0.25, -0.2) is 0 Å². The summed E-state index contributed by atoms with van der Waals surface area (Å²) in [4.78, 5) is 17.8. The number of nitrogens with zero attached hydrogens (tertiary/aromatic N) is 2. The van der Waals surface area contributed by atoms with Crippen molar-refractivity contribution in [3.05, 3.63) is 65.2 Å². The Hall–Kier alpha value is -2.37. The minimum atomic E-state index is 0.117. The van der Waals surface area contributed by atoms with E-state index in [1.54, 1.807) is 0 Å². The van der Waals surface area contributed by atoms with Crippen LogP contribution in [0.2, 0.25) is 0 Å². The zero-order chi connectivity index (χ0) is 23.8. The molecule has 0 atom stereocenters. The Morgan fingerprint density at radius 2 is 1.50 bits per heavy atom. The van der Waals surface area contributed by atoms with Crippen LogP contribution < -0.4 is 10.1 Å². The molecule has 0 aromatic heterocycles. The Morgan fingerprint density at radius 3 is 2.18 bits per heavy atom. The number of ether oxygens (including phenoxy) is 1. The quantitative estimate of drug-likeness (QED) is 0.578. The van der Waals surface area contributed by atoms with Gasteiger partial charge >= 0.3 is 0 Å². The fourth-order valence-corrected chi connectivity index (χ4v) is 5.09. The van der Waals surface area contributed by atoms with Gasteiger partial charge in [-0.2, -0.15) is 0 Å². The van der Waals surface area contributed by atoms with Crippen LogP contribution in [0, 0.1) is 11.8 Å². The lowest BCUT2D eigenvalue weighted by Crippen LogP contribution is -2.40. The third kappa shape index (κ3) is 7.31. The van der Waals surface area contributed by atoms with Crippen LogP contribution in [0.1, 0.15) is 56.2 Å². The molecular formula is C29H41N3O2. The summed E-state index contributed by atoms with van der Waals surface area (Å²) in [6.45, 7) is 11.9. The van der Waals surface area contributed by atoms with Gasteiger partial charge in [-0.15, -0.1) is 0 Å². The zero-order valence-electron chi connectivity index (χ0n) is 21.0. The first-order valence-corrected chi connectivity index (χ1v) is 13.1. The SMILES string of the molecule is CCOc1cccc(CN2CCC(C(=O)NCc3ccc(CN4CCC(C)CC4)cc3)CC2)c1. The predicted octanol–water partition coefficient (Wildman–Crippen LogP) is 4.85. The van der Waals surface area contributed by atoms with Crippen molar-refractivity contribution in [1.29, 1.82) is 0 Å². The molecule has 0 aliphatic carbocycles. The van der Waals surface area contributed by atoms with Crippen LogP contribution in [0.5, 0.6) is 5.75 Å². The van der Waals surface area contributed by atoms with Gasteiger partial charge in [0.2, 0.25) is 5.91 Å². The molecule has 0 unspecified atom stereocenters. The van der Waals surface area contributed by atoms with E-state index in [4.69, 9.17) is 4.74 Å². The third-order valence-electron chi connectivity index (χ3n) is 7.35. The van der Waals surface area contributed by atoms with Gasteiger partial charge in [0.15, 0.2) is 0 Å². The van der Waals surface area contributed by atoms with Gasteiger partial charge in [-0.3, -0.25) is 14.6 Å². The monoisotopic (exact) mass is 463 g/mol. The highest BCUT2D eigenvalue weighted by molar-refractivity contribution is 5.78. The van der Waals surface area contributed by atoms with Crippen LogP contribution in [0.4, 0.5) is 0 Å². The van der Waals surface area contributed by atoms with Crippen LogP contribution >= 0.6 is 0 Å². The number of hydrogen-bond acceptors (Lipinski definition) is 4. The molecule has 2 aromatic carbocycles. The zero-order valence-corrected chi connectivity index (χ0v) is 21.0. The van der Waals surface area contributed by atoms with Crippen LogP contribution in [-0.2, 0) is 24.4 Å². The van der Waals surface area contributed by atoms with Gasteiger partial charge in [0.1, 0.15) is 5.75 Å². The lowest BCUT2D eigenvalue weighted by molar-refractivity contribution is -0.126. The predicted molar refractivity (Wildman–Crippen MR) is 138 cm³/mol. The maximum absolute atomic E-state index is 12.8. The Balaban J connectivity index is 1.17. The minimum absolute atomic E-state index is 0.117. The van der Waals surface area contributed by atoms with Gasteiger partial charge in [0, 0.05) is 25.6 Å². The molecule has 5 heteroatoms. The summed E-state index contributed by atoms with van der Waals surface area (Å²) in [5.74, 6) is 2.12. The topological polar surface area (TPSA) is 44.8 Å². The first kappa shape index (κ1) is 24.7. The molecule has 0 spiro atoms. The average Bonchev–Trinajstić information content (AvgIpc) is 2.86. The van der Waals surface area contributed by atoms with Gasteiger partial charge < -0.3 is 10.1 Å². The molecule has 0 saturated carbocycles. The lowest BCUT2D eigenvalue weighted by atomic mass is 9.95. The van der Waals surface area contributed by atoms with E-state index in [1.165, 1.54) is 42.6 Å². The van der Waals surface area contributed by atoms with Gasteiger partial charge in [-0.05, 0) is 93.5 Å². The Bertz CT molecular complexity index is 898. The summed E-state index contributed by atoms with van der Waals surface area (Å²) < 4.78 is 5.62. The molecule has 2 aromatic rings. The Labute approximate surface area is 205 Å². The van der Waals surface area contributed by atoms with E-state index in [9.17, 15) is 4.79 Å². The van der Waals surface area contributed by atoms with Crippen LogP contribution in [-0.4, -0.2) is 48.5 Å². The van der Waals surface area contributed by atoms with Crippen molar-refractivity contribution in [3.63, 3.8) is 0 Å². The number of piperidine rings is 2. The molecule has 1 amide bonds. The van der Waals surface area contributed by atoms with E-state index < -0.39 is 0 Å². The summed E-state index contributed by atoms with van der Waals surface area (Å²) in [6, 6.07) is 17.1. The Morgan fingerprint density at radius 1 is 0.882 bits per heavy atom. The van der Waals surface area contributed by atoms with Crippen molar-refractivity contribution >= 4 is 5.91 Å². The number of likely N-dealkylation sites (tertiary alicyclic amines) is 2. The second kappa shape index (κ2) is 12.4. The van der Waals surface area contributed by atoms with Crippen molar-refractivity contribution in [2.45, 2.75) is 59.2 Å². The first-order chi connectivity index (χ1) is 16.6. The lowest BCUT2D eigenvalue weighted by Gasteiger charge is -2.31. The third-order valence-corrected chi connectivity index (χ3v) is 7.35. The van der Waals surface area contributed by atoms with Gasteiger partial charge in [0.25, 0.3) is 0 Å². The summed E-state index contributed by atoms with van der Waals surface area (Å²) in [5.41, 5.74) is 3.81. The first-order valence-electron chi connectivity index (χ1n) is 13.1. The van der Waals surface area contributed by atoms with E-state index in [0.717, 1.165) is 50.7 Å². The number of rotatable bonds is 9. The minimum Gasteiger partial charge on any atom is -0.494 e. The fraction of sp³-hybridized carbons (Fsp3) is 0.552. The van der Waals surface area contributed by atoms with E-state index in [2.05, 4.69) is 64.5 Å². The number of nitrogens with one attached hydrogen (secondary N) is 1. The van der Waals surface area contributed by atoms with Gasteiger partial charge in [-0.1, -0.05) is 43.3 Å². The second-order valence-electron chi connectivity index (χ2n) is 10.1. The van der Waals surface area contributed by atoms with Crippen LogP contribution in [0.25, 0.3) is 0 Å². The standard InChI is InChI=1S/C29H41N3O2/c1-3-34-28-6-4-5-26(19-28)22-32-17-13-27(14-18-32)29(33)30-20-24-7-9-25(10-8-24)21-31-15-11-23(2)12-16-31/h4-10,19,23,27H,3,11-18,20-22H2,1-2H3,(H,30,33). The van der Waals surface area contributed by atoms with Crippen LogP contribution in [0.15, 0.2) is 48.5 Å². The summed E-state index contributed by atoms with van der Waals surface area (Å²) in [5, 5.41) is 3.18. The van der Waals surface area contributed by atoms with Gasteiger partial charge in [0.05, 0.1) is 6.61 Å². The molecule has 1 N–H and O–H groups in total. The molecule has 2 aliphatic rings. The van der Waals surface area contributed by atoms with E-state index in [-0.39, 0.29) is 11.8 Å². The smallest absolute Gasteiger partial charge is 0.223 e. The molecule has 4 rings (SSSR count). The van der Waals surface area contributed by atoms with E-state index >= 15 is 0 Å². The largest absolute Gasteiger partial charge is 0.494 e. The number of hydrogen-bond donors (Lipinski definition) is 1. The van der Waals surface area contributed by atoms with Crippen molar-refractivity contribution < 1.29 is 9.53 Å². The summed E-state index contributed by atoms with van der Waals surface area (Å²) >= 11 is 0. The van der Waals surface area contributed by atoms with Crippen molar-refractivity contribution in [1.82, 2.24) is 15.1 Å². The summed E-state index contributed by atoms with van der Waals surface area (Å²) in [7, 11) is 0. The molecule has 2 aliphatic heterocycles. The number of carbonyl (C=O) groups is 1. The maximum Gasteiger partial charge on any atom is 0.223 e. The molecule has 0 radical (unpaired) electrons. The maximum atomic E-state index is 12.8. The highest BCUT2D eigenvalue weighted by Gasteiger charge is 2.25. The molecule has 5 nitrogen and oxygen atoms in total. The average molecular weight is 464 g/mol. The summed E-state index contributed by atoms with van der Waals surface area (Å²) in [6.07, 6.45) is 4.46. The molecule has 2 fully saturated rings. The highest BCUT2D eigenvalue weighted by atomic mass is 16.5. The number of benzene rings is 2. The van der Waals surface area contributed by atoms with Crippen molar-refractivity contribution in [2.24, 2.45) is 11.8 Å². The molecule has 2 saturated heterocycles. The van der Waals surface area contributed by atoms with Crippen molar-refractivity contribution in [3.8, 4) is 5.75 Å². The van der Waals surface area contributed by atoms with E-state index in [0.29, 0.717) is 13.2 Å². The van der Waals surface area contributed by atoms with E-state index in [1.807, 2.05) is 13.0 Å². The molecule has 184 valence electrons. The number of carbonyl (C=O) groups excluding carboxylic acids is 1.